The van der Waals surface area contributed by atoms with E-state index in [1.807, 2.05) is 0 Å². The Kier molecular flexibility index (Phi) is 12.6. The first-order valence-electron chi connectivity index (χ1n) is 9.42. The van der Waals surface area contributed by atoms with Crippen LogP contribution in [0.5, 0.6) is 5.75 Å². The fourth-order valence-corrected chi connectivity index (χ4v) is 4.53. The Morgan fingerprint density at radius 3 is 2.26 bits per heavy atom. The summed E-state index contributed by atoms with van der Waals surface area (Å²) in [5, 5.41) is 33.5. The van der Waals surface area contributed by atoms with Gasteiger partial charge in [0.25, 0.3) is 10.1 Å². The van der Waals surface area contributed by atoms with E-state index in [1.54, 1.807) is 30.3 Å². The molecule has 0 saturated carbocycles. The quantitative estimate of drug-likeness (QED) is 0.0521. The first-order chi connectivity index (χ1) is 17.2. The number of phenols is 1. The van der Waals surface area contributed by atoms with E-state index in [4.69, 9.17) is 28.5 Å². The van der Waals surface area contributed by atoms with Crippen LogP contribution in [0.25, 0.3) is 10.8 Å². The molecule has 0 fully saturated rings. The van der Waals surface area contributed by atoms with Crippen LogP contribution in [0.15, 0.2) is 68.6 Å². The van der Waals surface area contributed by atoms with E-state index >= 15 is 0 Å². The Hall–Kier alpha value is -1.15. The van der Waals surface area contributed by atoms with Crippen molar-refractivity contribution in [1.29, 1.82) is 0 Å². The van der Waals surface area contributed by atoms with Crippen molar-refractivity contribution in [3.63, 3.8) is 0 Å². The Morgan fingerprint density at radius 1 is 1.00 bits per heavy atom. The Labute approximate surface area is 276 Å². The van der Waals surface area contributed by atoms with Crippen molar-refractivity contribution in [3.8, 4) is 5.75 Å². The second-order valence-corrected chi connectivity index (χ2v) is 9.54. The molecule has 19 heteroatoms. The number of aromatic hydroxyl groups is 1. The predicted octanol–water partition coefficient (Wildman–Crippen LogP) is 0.104. The van der Waals surface area contributed by atoms with Crippen LogP contribution < -0.4 is 64.4 Å². The number of fused-ring (bicyclic) bond motifs is 1. The summed E-state index contributed by atoms with van der Waals surface area (Å²) in [6.45, 7) is 0. The zero-order valence-electron chi connectivity index (χ0n) is 21.4. The molecular weight excluding hydrogens is 605 g/mol. The summed E-state index contributed by atoms with van der Waals surface area (Å²) in [5.41, 5.74) is -0.0663. The number of nitrogens with one attached hydrogen (secondary N) is 1. The summed E-state index contributed by atoms with van der Waals surface area (Å²) in [6.07, 6.45) is 0. The maximum absolute atomic E-state index is 12.2. The van der Waals surface area contributed by atoms with Crippen molar-refractivity contribution < 1.29 is 94.7 Å². The van der Waals surface area contributed by atoms with Crippen molar-refractivity contribution in [3.05, 3.63) is 59.1 Å². The first-order valence-corrected chi connectivity index (χ1v) is 12.4. The predicted molar refractivity (Wildman–Crippen MR) is 132 cm³/mol. The number of azo groups is 1. The topological polar surface area (TPSA) is 189 Å². The largest absolute Gasteiger partial charge is 1.00 e. The van der Waals surface area contributed by atoms with Gasteiger partial charge in [-0.3, -0.25) is 4.55 Å². The summed E-state index contributed by atoms with van der Waals surface area (Å²) in [6, 6.07) is 12.2. The van der Waals surface area contributed by atoms with Gasteiger partial charge in [-0.15, -0.1) is 9.45 Å². The summed E-state index contributed by atoms with van der Waals surface area (Å²) < 4.78 is 38.6. The van der Waals surface area contributed by atoms with Crippen molar-refractivity contribution >= 4 is 79.1 Å². The number of hydrogen-bond donors (Lipinski definition) is 4. The third-order valence-corrected chi connectivity index (χ3v) is 6.17. The smallest absolute Gasteiger partial charge is 1.00 e. The molecule has 1 aromatic heterocycles. The average Bonchev–Trinajstić information content (AvgIpc) is 2.81. The fraction of sp³-hybridized carbons (Fsp3) is 0. The molecule has 4 rings (SSSR count). The SMILES string of the molecule is O=S(=O)(O)c1cc2cc(SOOO)cc(Nc3nc(Cl)nc(Cl)n3)c2c(O)c1N=Nc1ccccc1.[H-].[H-].[Na+].[Na+]. The molecule has 190 valence electrons. The van der Waals surface area contributed by atoms with Crippen molar-refractivity contribution in [1.82, 2.24) is 15.0 Å². The maximum atomic E-state index is 12.2. The van der Waals surface area contributed by atoms with Crippen LogP contribution in [-0.4, -0.2) is 38.3 Å². The van der Waals surface area contributed by atoms with Gasteiger partial charge in [-0.05, 0) is 58.9 Å². The molecule has 0 saturated heterocycles. The average molecular weight is 619 g/mol. The number of halogens is 2. The van der Waals surface area contributed by atoms with Gasteiger partial charge >= 0.3 is 59.1 Å². The van der Waals surface area contributed by atoms with Gasteiger partial charge in [0.2, 0.25) is 16.5 Å². The molecule has 4 aromatic rings. The molecular formula is C19H14Cl2N6Na2O7S2. The van der Waals surface area contributed by atoms with Crippen LogP contribution in [0.3, 0.4) is 0 Å². The maximum Gasteiger partial charge on any atom is 1.00 e. The van der Waals surface area contributed by atoms with E-state index in [0.717, 1.165) is 6.07 Å². The van der Waals surface area contributed by atoms with Gasteiger partial charge in [-0.25, -0.2) is 5.26 Å². The number of phenolic OH excluding ortho intramolecular Hbond substituents is 1. The third kappa shape index (κ3) is 8.18. The normalized spacial score (nSPS) is 11.3. The van der Waals surface area contributed by atoms with Gasteiger partial charge < -0.3 is 13.3 Å². The minimum absolute atomic E-state index is 0. The van der Waals surface area contributed by atoms with E-state index in [-0.39, 0.29) is 99.8 Å². The number of nitrogens with zero attached hydrogens (tertiary/aromatic N) is 5. The second-order valence-electron chi connectivity index (χ2n) is 6.70. The van der Waals surface area contributed by atoms with E-state index in [1.165, 1.54) is 12.1 Å². The number of anilines is 2. The monoisotopic (exact) mass is 618 g/mol. The van der Waals surface area contributed by atoms with Crippen LogP contribution in [0, 0.1) is 0 Å². The van der Waals surface area contributed by atoms with Crippen LogP contribution in [0.2, 0.25) is 10.6 Å². The summed E-state index contributed by atoms with van der Waals surface area (Å²) in [4.78, 5) is 11.0. The molecule has 13 nitrogen and oxygen atoms in total. The summed E-state index contributed by atoms with van der Waals surface area (Å²) in [7, 11) is -4.87. The summed E-state index contributed by atoms with van der Waals surface area (Å²) in [5.74, 6) is -0.766. The minimum atomic E-state index is -4.87. The number of hydrogen-bond acceptors (Lipinski definition) is 13. The van der Waals surface area contributed by atoms with Crippen molar-refractivity contribution in [2.24, 2.45) is 10.2 Å². The van der Waals surface area contributed by atoms with Gasteiger partial charge in [0, 0.05) is 10.3 Å². The molecule has 0 aliphatic carbocycles. The molecule has 0 radical (unpaired) electrons. The Bertz CT molecular complexity index is 1580. The molecule has 38 heavy (non-hydrogen) atoms. The number of benzene rings is 3. The molecule has 0 bridgehead atoms. The molecule has 0 atom stereocenters. The molecule has 0 amide bonds. The van der Waals surface area contributed by atoms with Gasteiger partial charge in [-0.1, -0.05) is 23.2 Å². The standard InChI is InChI=1S/C19H12Cl2N6O7S2.2Na.2H/c20-17-23-18(21)25-19(24-17)22-12-8-11(35-34-33-29)6-9-7-13(36(30,31)32)15(16(28)14(9)12)27-26-10-4-2-1-3-5-10;;;;/h1-8,28-29H,(H,30,31,32)(H,22,23,24,25);;;;/q;2*+1;2*-1. The minimum Gasteiger partial charge on any atom is -1.00 e. The van der Waals surface area contributed by atoms with Crippen LogP contribution in [0.1, 0.15) is 2.85 Å². The van der Waals surface area contributed by atoms with Gasteiger partial charge in [0.05, 0.1) is 23.4 Å². The third-order valence-electron chi connectivity index (χ3n) is 4.41. The Morgan fingerprint density at radius 2 is 1.66 bits per heavy atom. The molecule has 0 unspecified atom stereocenters. The van der Waals surface area contributed by atoms with Crippen molar-refractivity contribution in [2.45, 2.75) is 9.79 Å². The first kappa shape index (κ1) is 33.1. The molecule has 1 heterocycles. The van der Waals surface area contributed by atoms with Crippen LogP contribution in [-0.2, 0) is 19.5 Å². The molecule has 0 aliphatic heterocycles. The Balaban J connectivity index is 0.00000380. The zero-order valence-corrected chi connectivity index (χ0v) is 26.5. The van der Waals surface area contributed by atoms with Crippen LogP contribution in [0.4, 0.5) is 23.0 Å². The van der Waals surface area contributed by atoms with Gasteiger partial charge in [-0.2, -0.15) is 28.5 Å². The number of aromatic nitrogens is 3. The van der Waals surface area contributed by atoms with E-state index in [0.29, 0.717) is 17.7 Å². The molecule has 4 N–H and O–H groups in total. The van der Waals surface area contributed by atoms with Gasteiger partial charge in [0.1, 0.15) is 10.6 Å². The zero-order chi connectivity index (χ0) is 25.9. The van der Waals surface area contributed by atoms with Crippen molar-refractivity contribution in [2.75, 3.05) is 5.32 Å². The van der Waals surface area contributed by atoms with E-state index in [2.05, 4.69) is 39.9 Å². The fourth-order valence-electron chi connectivity index (χ4n) is 3.06. The second kappa shape index (κ2) is 14.5. The van der Waals surface area contributed by atoms with Gasteiger partial charge in [0.15, 0.2) is 5.75 Å². The molecule has 0 aliphatic rings. The van der Waals surface area contributed by atoms with E-state index in [9.17, 15) is 18.1 Å². The molecule has 3 aromatic carbocycles. The van der Waals surface area contributed by atoms with Crippen LogP contribution >= 0.6 is 35.2 Å². The molecule has 0 spiro atoms. The van der Waals surface area contributed by atoms with E-state index < -0.39 is 26.5 Å². The number of rotatable bonds is 8. The summed E-state index contributed by atoms with van der Waals surface area (Å²) >= 11 is 12.2.